The number of nitrogens with zero attached hydrogens (tertiary/aromatic N) is 5. The number of hydrogen-bond donors (Lipinski definition) is 2. The zero-order chi connectivity index (χ0) is 29.7. The minimum atomic E-state index is -1.68. The number of aliphatic carboxylic acids is 1. The minimum Gasteiger partial charge on any atom is -0.481 e. The van der Waals surface area contributed by atoms with Gasteiger partial charge in [-0.3, -0.25) is 10.1 Å². The number of hydrogen-bond acceptors (Lipinski definition) is 8. The van der Waals surface area contributed by atoms with Crippen molar-refractivity contribution in [3.8, 4) is 0 Å². The standard InChI is InChI=1S/C29H28N6O7/c30-34-33-24(26(36)37)25(40-17-20-10-4-1-5-11-20)23-16-35(29(39)42-19-22-14-8-3-9-15-22)27(31-23)32-28(38)41-18-21-12-6-2-7-13-21/h1-15,23-25H,16-19H2,(H,36,37)(H,31,32,38)/t23-,24-,25-/m0/s1. The van der Waals surface area contributed by atoms with Crippen LogP contribution in [-0.4, -0.2) is 58.9 Å². The molecule has 4 rings (SSSR count). The van der Waals surface area contributed by atoms with Crippen LogP contribution in [0.5, 0.6) is 0 Å². The first kappa shape index (κ1) is 29.6. The summed E-state index contributed by atoms with van der Waals surface area (Å²) >= 11 is 0. The Balaban J connectivity index is 1.55. The lowest BCUT2D eigenvalue weighted by molar-refractivity contribution is -0.143. The molecule has 0 unspecified atom stereocenters. The van der Waals surface area contributed by atoms with Gasteiger partial charge in [-0.05, 0) is 22.2 Å². The van der Waals surface area contributed by atoms with E-state index in [0.29, 0.717) is 0 Å². The van der Waals surface area contributed by atoms with Gasteiger partial charge in [0.25, 0.3) is 0 Å². The molecule has 0 aromatic heterocycles. The number of aliphatic imine (C=N–C) groups is 1. The predicted molar refractivity (Wildman–Crippen MR) is 150 cm³/mol. The number of carboxylic acid groups (broad SMARTS) is 1. The summed E-state index contributed by atoms with van der Waals surface area (Å²) in [5.41, 5.74) is 11.3. The van der Waals surface area contributed by atoms with Crippen molar-refractivity contribution in [2.45, 2.75) is 38.0 Å². The Hall–Kier alpha value is -5.39. The number of carboxylic acids is 1. The molecular formula is C29H28N6O7. The summed E-state index contributed by atoms with van der Waals surface area (Å²) < 4.78 is 16.6. The SMILES string of the molecule is [N-]=[N+]=N[C@H](C(=O)O)[C@@H](OCc1ccccc1)[C@@H]1CN(C(=O)OCc2ccccc2)C(NC(=O)OCc2ccccc2)=N1. The zero-order valence-corrected chi connectivity index (χ0v) is 22.4. The van der Waals surface area contributed by atoms with Crippen molar-refractivity contribution in [2.24, 2.45) is 10.1 Å². The van der Waals surface area contributed by atoms with Gasteiger partial charge in [0.05, 0.1) is 19.2 Å². The van der Waals surface area contributed by atoms with Gasteiger partial charge in [0.2, 0.25) is 5.96 Å². The zero-order valence-electron chi connectivity index (χ0n) is 22.4. The number of carbonyl (C=O) groups is 3. The highest BCUT2D eigenvalue weighted by Gasteiger charge is 2.42. The fraction of sp³-hybridized carbons (Fsp3) is 0.241. The molecule has 13 heteroatoms. The predicted octanol–water partition coefficient (Wildman–Crippen LogP) is 4.64. The van der Waals surface area contributed by atoms with Gasteiger partial charge in [0.15, 0.2) is 6.04 Å². The third-order valence-corrected chi connectivity index (χ3v) is 6.17. The molecule has 1 aliphatic rings. The Bertz CT molecular complexity index is 1430. The van der Waals surface area contributed by atoms with Crippen LogP contribution in [0.4, 0.5) is 9.59 Å². The second kappa shape index (κ2) is 14.8. The summed E-state index contributed by atoms with van der Waals surface area (Å²) in [6.45, 7) is -0.353. The lowest BCUT2D eigenvalue weighted by Crippen LogP contribution is -2.47. The lowest BCUT2D eigenvalue weighted by Gasteiger charge is -2.25. The number of benzene rings is 3. The van der Waals surface area contributed by atoms with Crippen molar-refractivity contribution >= 4 is 24.1 Å². The van der Waals surface area contributed by atoms with Gasteiger partial charge in [0, 0.05) is 4.91 Å². The van der Waals surface area contributed by atoms with Crippen LogP contribution in [0.1, 0.15) is 16.7 Å². The number of guanidine groups is 1. The maximum absolute atomic E-state index is 13.2. The van der Waals surface area contributed by atoms with Crippen LogP contribution in [0.3, 0.4) is 0 Å². The average Bonchev–Trinajstić information content (AvgIpc) is 3.43. The van der Waals surface area contributed by atoms with E-state index in [9.17, 15) is 19.5 Å². The molecule has 216 valence electrons. The van der Waals surface area contributed by atoms with Crippen LogP contribution < -0.4 is 5.32 Å². The Kier molecular flexibility index (Phi) is 10.5. The van der Waals surface area contributed by atoms with Crippen molar-refractivity contribution in [1.29, 1.82) is 0 Å². The van der Waals surface area contributed by atoms with Crippen LogP contribution in [0.2, 0.25) is 0 Å². The molecule has 0 fully saturated rings. The third-order valence-electron chi connectivity index (χ3n) is 6.17. The van der Waals surface area contributed by atoms with Crippen LogP contribution >= 0.6 is 0 Å². The minimum absolute atomic E-state index is 0.0252. The summed E-state index contributed by atoms with van der Waals surface area (Å²) in [5.74, 6) is -1.67. The van der Waals surface area contributed by atoms with Gasteiger partial charge in [-0.1, -0.05) is 96.1 Å². The molecule has 0 bridgehead atoms. The molecule has 1 heterocycles. The highest BCUT2D eigenvalue weighted by atomic mass is 16.6. The number of ether oxygens (including phenoxy) is 3. The number of nitrogens with one attached hydrogen (secondary N) is 1. The highest BCUT2D eigenvalue weighted by molar-refractivity contribution is 6.02. The first-order valence-electron chi connectivity index (χ1n) is 12.9. The van der Waals surface area contributed by atoms with Gasteiger partial charge >= 0.3 is 18.2 Å². The average molecular weight is 573 g/mol. The van der Waals surface area contributed by atoms with Crippen LogP contribution in [0, 0.1) is 0 Å². The second-order valence-electron chi connectivity index (χ2n) is 9.11. The second-order valence-corrected chi connectivity index (χ2v) is 9.11. The summed E-state index contributed by atoms with van der Waals surface area (Å²) in [6.07, 6.45) is -3.05. The van der Waals surface area contributed by atoms with E-state index in [1.807, 2.05) is 18.2 Å². The van der Waals surface area contributed by atoms with Crippen LogP contribution in [-0.2, 0) is 38.8 Å². The Morgan fingerprint density at radius 1 is 0.905 bits per heavy atom. The Labute approximate surface area is 241 Å². The van der Waals surface area contributed by atoms with E-state index in [1.54, 1.807) is 72.8 Å². The number of amides is 2. The number of carbonyl (C=O) groups excluding carboxylic acids is 2. The Morgan fingerprint density at radius 3 is 1.95 bits per heavy atom. The molecule has 0 aliphatic carbocycles. The number of azide groups is 1. The fourth-order valence-corrected chi connectivity index (χ4v) is 4.12. The normalized spacial score (nSPS) is 15.5. The van der Waals surface area contributed by atoms with Gasteiger partial charge in [-0.2, -0.15) is 0 Å². The van der Waals surface area contributed by atoms with Crippen molar-refractivity contribution < 1.29 is 33.7 Å². The molecular weight excluding hydrogens is 544 g/mol. The van der Waals surface area contributed by atoms with E-state index in [2.05, 4.69) is 20.3 Å². The van der Waals surface area contributed by atoms with Crippen LogP contribution in [0.25, 0.3) is 10.4 Å². The first-order valence-corrected chi connectivity index (χ1v) is 12.9. The van der Waals surface area contributed by atoms with Gasteiger partial charge < -0.3 is 19.3 Å². The summed E-state index contributed by atoms with van der Waals surface area (Å²) in [7, 11) is 0. The summed E-state index contributed by atoms with van der Waals surface area (Å²) in [5, 5.41) is 15.7. The maximum Gasteiger partial charge on any atom is 0.417 e. The van der Waals surface area contributed by atoms with E-state index < -0.39 is 36.3 Å². The third kappa shape index (κ3) is 8.31. The topological polar surface area (TPSA) is 176 Å². The van der Waals surface area contributed by atoms with Gasteiger partial charge in [-0.15, -0.1) is 0 Å². The fourth-order valence-electron chi connectivity index (χ4n) is 4.12. The molecule has 3 atom stereocenters. The number of rotatable bonds is 11. The summed E-state index contributed by atoms with van der Waals surface area (Å²) in [4.78, 5) is 46.0. The first-order chi connectivity index (χ1) is 20.4. The number of alkyl carbamates (subject to hydrolysis) is 1. The van der Waals surface area contributed by atoms with E-state index >= 15 is 0 Å². The monoisotopic (exact) mass is 572 g/mol. The van der Waals surface area contributed by atoms with Crippen molar-refractivity contribution in [3.63, 3.8) is 0 Å². The molecule has 0 radical (unpaired) electrons. The van der Waals surface area contributed by atoms with Gasteiger partial charge in [-0.25, -0.2) is 19.5 Å². The van der Waals surface area contributed by atoms with E-state index in [4.69, 9.17) is 19.7 Å². The summed E-state index contributed by atoms with van der Waals surface area (Å²) in [6, 6.07) is 24.2. The molecule has 3 aromatic carbocycles. The Morgan fingerprint density at radius 2 is 1.43 bits per heavy atom. The lowest BCUT2D eigenvalue weighted by atomic mass is 10.0. The molecule has 0 spiro atoms. The van der Waals surface area contributed by atoms with Crippen molar-refractivity contribution in [2.75, 3.05) is 6.54 Å². The molecule has 2 amide bonds. The molecule has 3 aromatic rings. The molecule has 2 N–H and O–H groups in total. The smallest absolute Gasteiger partial charge is 0.417 e. The van der Waals surface area contributed by atoms with E-state index in [0.717, 1.165) is 21.6 Å². The molecule has 0 saturated heterocycles. The molecule has 42 heavy (non-hydrogen) atoms. The van der Waals surface area contributed by atoms with Crippen molar-refractivity contribution in [3.05, 3.63) is 118 Å². The molecule has 0 saturated carbocycles. The largest absolute Gasteiger partial charge is 0.481 e. The van der Waals surface area contributed by atoms with E-state index in [-0.39, 0.29) is 32.3 Å². The maximum atomic E-state index is 13.2. The highest BCUT2D eigenvalue weighted by Crippen LogP contribution is 2.22. The van der Waals surface area contributed by atoms with Crippen LogP contribution in [0.15, 0.2) is 101 Å². The molecule has 1 aliphatic heterocycles. The van der Waals surface area contributed by atoms with Gasteiger partial charge in [0.1, 0.15) is 19.3 Å². The van der Waals surface area contributed by atoms with E-state index in [1.165, 1.54) is 0 Å². The van der Waals surface area contributed by atoms with Crippen molar-refractivity contribution in [1.82, 2.24) is 10.2 Å². The molecule has 13 nitrogen and oxygen atoms in total. The quantitative estimate of drug-likeness (QED) is 0.191.